The number of rotatable bonds is 5. The number of phenols is 2. The molecule has 0 aliphatic rings. The number of amides is 1. The zero-order chi connectivity index (χ0) is 20.9. The molecular weight excluding hydrogens is 378 g/mol. The minimum atomic E-state index is -0.383. The van der Waals surface area contributed by atoms with Crippen LogP contribution < -0.4 is 5.32 Å². The fourth-order valence-corrected chi connectivity index (χ4v) is 3.04. The molecule has 0 aliphatic heterocycles. The summed E-state index contributed by atoms with van der Waals surface area (Å²) in [6.07, 6.45) is 2.06. The number of anilines is 1. The van der Waals surface area contributed by atoms with E-state index in [0.717, 1.165) is 11.1 Å². The number of hydrogen-bond acceptors (Lipinski definition) is 5. The molecule has 0 radical (unpaired) electrons. The maximum absolute atomic E-state index is 12.6. The van der Waals surface area contributed by atoms with E-state index in [-0.39, 0.29) is 17.4 Å². The van der Waals surface area contributed by atoms with Gasteiger partial charge >= 0.3 is 0 Å². The van der Waals surface area contributed by atoms with Crippen LogP contribution in [0, 0.1) is 0 Å². The predicted molar refractivity (Wildman–Crippen MR) is 114 cm³/mol. The third-order valence-corrected chi connectivity index (χ3v) is 4.56. The van der Waals surface area contributed by atoms with Gasteiger partial charge in [0.05, 0.1) is 17.6 Å². The second kappa shape index (κ2) is 8.45. The molecule has 0 saturated heterocycles. The smallest absolute Gasteiger partial charge is 0.257 e. The average molecular weight is 397 g/mol. The lowest BCUT2D eigenvalue weighted by atomic mass is 10.1. The zero-order valence-corrected chi connectivity index (χ0v) is 16.0. The van der Waals surface area contributed by atoms with Crippen molar-refractivity contribution >= 4 is 11.7 Å². The Morgan fingerprint density at radius 2 is 1.63 bits per heavy atom. The highest BCUT2D eigenvalue weighted by molar-refractivity contribution is 6.04. The van der Waals surface area contributed by atoms with Gasteiger partial charge in [-0.1, -0.05) is 36.4 Å². The Morgan fingerprint density at radius 1 is 0.867 bits per heavy atom. The van der Waals surface area contributed by atoms with Crippen molar-refractivity contribution in [2.24, 2.45) is 0 Å². The number of aromatic hydroxyl groups is 2. The molecule has 1 heterocycles. The summed E-state index contributed by atoms with van der Waals surface area (Å²) in [5.74, 6) is 0.161. The minimum absolute atomic E-state index is 0.0147. The molecule has 0 bridgehead atoms. The summed E-state index contributed by atoms with van der Waals surface area (Å²) in [4.78, 5) is 21.8. The van der Waals surface area contributed by atoms with E-state index in [9.17, 15) is 15.0 Å². The molecule has 6 heteroatoms. The number of aromatic nitrogens is 2. The van der Waals surface area contributed by atoms with Crippen molar-refractivity contribution in [1.29, 1.82) is 0 Å². The fourth-order valence-electron chi connectivity index (χ4n) is 3.04. The average Bonchev–Trinajstić information content (AvgIpc) is 2.76. The standard InChI is InChI=1S/C24H19N3O3/c28-19-11-9-17(10-12-19)22-15-25-23(21(26-22)13-16-5-2-1-3-6-16)27-24(30)18-7-4-8-20(29)14-18/h1-12,14-15,28-29H,13H2,(H,25,27,30). The van der Waals surface area contributed by atoms with Crippen molar-refractivity contribution in [3.63, 3.8) is 0 Å². The lowest BCUT2D eigenvalue weighted by Gasteiger charge is -2.12. The molecule has 0 spiro atoms. The van der Waals surface area contributed by atoms with Crippen molar-refractivity contribution in [2.75, 3.05) is 5.32 Å². The maximum Gasteiger partial charge on any atom is 0.257 e. The molecule has 3 N–H and O–H groups in total. The van der Waals surface area contributed by atoms with Crippen LogP contribution >= 0.6 is 0 Å². The SMILES string of the molecule is O=C(Nc1ncc(-c2ccc(O)cc2)nc1Cc1ccccc1)c1cccc(O)c1. The third-order valence-electron chi connectivity index (χ3n) is 4.56. The summed E-state index contributed by atoms with van der Waals surface area (Å²) in [5, 5.41) is 22.0. The Morgan fingerprint density at radius 3 is 2.37 bits per heavy atom. The molecule has 1 amide bonds. The first-order chi connectivity index (χ1) is 14.6. The van der Waals surface area contributed by atoms with Crippen LogP contribution in [0.15, 0.2) is 85.1 Å². The topological polar surface area (TPSA) is 95.3 Å². The van der Waals surface area contributed by atoms with E-state index >= 15 is 0 Å². The van der Waals surface area contributed by atoms with Gasteiger partial charge in [0.1, 0.15) is 11.5 Å². The zero-order valence-electron chi connectivity index (χ0n) is 16.0. The van der Waals surface area contributed by atoms with Gasteiger partial charge in [0.25, 0.3) is 5.91 Å². The molecule has 30 heavy (non-hydrogen) atoms. The van der Waals surface area contributed by atoms with Crippen LogP contribution in [-0.4, -0.2) is 26.1 Å². The molecule has 0 aliphatic carbocycles. The molecule has 6 nitrogen and oxygen atoms in total. The maximum atomic E-state index is 12.6. The molecule has 148 valence electrons. The molecule has 4 aromatic rings. The van der Waals surface area contributed by atoms with Crippen LogP contribution in [0.5, 0.6) is 11.5 Å². The van der Waals surface area contributed by atoms with Crippen LogP contribution in [0.1, 0.15) is 21.6 Å². The van der Waals surface area contributed by atoms with Crippen LogP contribution in [0.4, 0.5) is 5.82 Å². The number of nitrogens with one attached hydrogen (secondary N) is 1. The van der Waals surface area contributed by atoms with E-state index in [4.69, 9.17) is 4.98 Å². The van der Waals surface area contributed by atoms with Crippen LogP contribution in [0.3, 0.4) is 0 Å². The Hall–Kier alpha value is -4.19. The molecule has 0 fully saturated rings. The van der Waals surface area contributed by atoms with Gasteiger partial charge in [-0.3, -0.25) is 4.79 Å². The van der Waals surface area contributed by atoms with E-state index in [0.29, 0.717) is 29.2 Å². The number of phenolic OH excluding ortho intramolecular Hbond substituents is 2. The molecule has 4 rings (SSSR count). The quantitative estimate of drug-likeness (QED) is 0.464. The Kier molecular flexibility index (Phi) is 5.39. The molecular formula is C24H19N3O3. The first kappa shape index (κ1) is 19.1. The highest BCUT2D eigenvalue weighted by Crippen LogP contribution is 2.24. The summed E-state index contributed by atoms with van der Waals surface area (Å²) in [5.41, 5.74) is 3.41. The first-order valence-electron chi connectivity index (χ1n) is 9.38. The van der Waals surface area contributed by atoms with E-state index in [2.05, 4.69) is 10.3 Å². The molecule has 0 unspecified atom stereocenters. The molecule has 3 aromatic carbocycles. The Bertz CT molecular complexity index is 1180. The number of nitrogens with zero attached hydrogens (tertiary/aromatic N) is 2. The van der Waals surface area contributed by atoms with Crippen LogP contribution in [-0.2, 0) is 6.42 Å². The summed E-state index contributed by atoms with van der Waals surface area (Å²) >= 11 is 0. The van der Waals surface area contributed by atoms with Gasteiger partial charge in [0.2, 0.25) is 0 Å². The Labute approximate surface area is 173 Å². The van der Waals surface area contributed by atoms with Crippen molar-refractivity contribution in [1.82, 2.24) is 9.97 Å². The van der Waals surface area contributed by atoms with E-state index < -0.39 is 0 Å². The summed E-state index contributed by atoms with van der Waals surface area (Å²) in [7, 11) is 0. The van der Waals surface area contributed by atoms with Gasteiger partial charge in [-0.2, -0.15) is 0 Å². The van der Waals surface area contributed by atoms with Gasteiger partial charge in [-0.25, -0.2) is 9.97 Å². The van der Waals surface area contributed by atoms with E-state index in [1.54, 1.807) is 42.6 Å². The van der Waals surface area contributed by atoms with E-state index in [1.807, 2.05) is 30.3 Å². The third kappa shape index (κ3) is 4.44. The Balaban J connectivity index is 1.69. The van der Waals surface area contributed by atoms with Crippen molar-refractivity contribution in [3.05, 3.63) is 102 Å². The summed E-state index contributed by atoms with van der Waals surface area (Å²) in [6, 6.07) is 22.6. The van der Waals surface area contributed by atoms with Gasteiger partial charge in [-0.05, 0) is 48.0 Å². The predicted octanol–water partition coefficient (Wildman–Crippen LogP) is 4.40. The van der Waals surface area contributed by atoms with Crippen molar-refractivity contribution in [2.45, 2.75) is 6.42 Å². The monoisotopic (exact) mass is 397 g/mol. The number of hydrogen-bond donors (Lipinski definition) is 3. The molecule has 1 aromatic heterocycles. The van der Waals surface area contributed by atoms with Crippen LogP contribution in [0.25, 0.3) is 11.3 Å². The highest BCUT2D eigenvalue weighted by Gasteiger charge is 2.14. The van der Waals surface area contributed by atoms with Crippen molar-refractivity contribution in [3.8, 4) is 22.8 Å². The van der Waals surface area contributed by atoms with Crippen LogP contribution in [0.2, 0.25) is 0 Å². The second-order valence-electron chi connectivity index (χ2n) is 6.76. The minimum Gasteiger partial charge on any atom is -0.508 e. The van der Waals surface area contributed by atoms with Gasteiger partial charge in [-0.15, -0.1) is 0 Å². The number of benzene rings is 3. The fraction of sp³-hybridized carbons (Fsp3) is 0.0417. The summed E-state index contributed by atoms with van der Waals surface area (Å²) in [6.45, 7) is 0. The first-order valence-corrected chi connectivity index (χ1v) is 9.38. The van der Waals surface area contributed by atoms with Gasteiger partial charge in [0, 0.05) is 17.5 Å². The normalized spacial score (nSPS) is 10.5. The number of carbonyl (C=O) groups is 1. The van der Waals surface area contributed by atoms with E-state index in [1.165, 1.54) is 12.1 Å². The largest absolute Gasteiger partial charge is 0.508 e. The molecule has 0 atom stereocenters. The van der Waals surface area contributed by atoms with Crippen molar-refractivity contribution < 1.29 is 15.0 Å². The second-order valence-corrected chi connectivity index (χ2v) is 6.76. The lowest BCUT2D eigenvalue weighted by Crippen LogP contribution is -2.15. The summed E-state index contributed by atoms with van der Waals surface area (Å²) < 4.78 is 0. The lowest BCUT2D eigenvalue weighted by molar-refractivity contribution is 0.102. The highest BCUT2D eigenvalue weighted by atomic mass is 16.3. The van der Waals surface area contributed by atoms with Gasteiger partial charge in [0.15, 0.2) is 5.82 Å². The van der Waals surface area contributed by atoms with Gasteiger partial charge < -0.3 is 15.5 Å². The molecule has 0 saturated carbocycles. The number of carbonyl (C=O) groups excluding carboxylic acids is 1.